The second kappa shape index (κ2) is 7.28. The molecule has 0 saturated heterocycles. The number of sulfone groups is 1. The van der Waals surface area contributed by atoms with Gasteiger partial charge in [0.1, 0.15) is 0 Å². The summed E-state index contributed by atoms with van der Waals surface area (Å²) in [4.78, 5) is 20.7. The van der Waals surface area contributed by atoms with Gasteiger partial charge in [0.15, 0.2) is 15.9 Å². The summed E-state index contributed by atoms with van der Waals surface area (Å²) in [6, 6.07) is 7.83. The van der Waals surface area contributed by atoms with Crippen LogP contribution in [0.25, 0.3) is 11.4 Å². The van der Waals surface area contributed by atoms with Gasteiger partial charge in [0.2, 0.25) is 5.82 Å². The Morgan fingerprint density at radius 2 is 2.04 bits per heavy atom. The van der Waals surface area contributed by atoms with Crippen LogP contribution in [-0.4, -0.2) is 35.8 Å². The smallest absolute Gasteiger partial charge is 0.339 e. The first-order chi connectivity index (χ1) is 12.8. The van der Waals surface area contributed by atoms with Crippen molar-refractivity contribution in [3.8, 4) is 11.4 Å². The summed E-state index contributed by atoms with van der Waals surface area (Å²) in [6.07, 6.45) is 3.48. The number of carbonyl (C=O) groups is 1. The molecule has 1 aromatic carbocycles. The van der Waals surface area contributed by atoms with Gasteiger partial charge in [-0.1, -0.05) is 11.2 Å². The Labute approximate surface area is 156 Å². The summed E-state index contributed by atoms with van der Waals surface area (Å²) >= 11 is 0. The van der Waals surface area contributed by atoms with E-state index in [1.54, 1.807) is 44.4 Å². The highest BCUT2D eigenvalue weighted by Crippen LogP contribution is 2.23. The van der Waals surface area contributed by atoms with Gasteiger partial charge in [0.25, 0.3) is 5.89 Å². The molecule has 0 aliphatic heterocycles. The second-order valence-electron chi connectivity index (χ2n) is 5.99. The number of pyridine rings is 1. The molecular formula is C18H17N3O5S. The van der Waals surface area contributed by atoms with Crippen molar-refractivity contribution in [2.24, 2.45) is 0 Å². The minimum Gasteiger partial charge on any atom is -0.449 e. The molecule has 3 rings (SSSR count). The van der Waals surface area contributed by atoms with Gasteiger partial charge in [0, 0.05) is 24.2 Å². The van der Waals surface area contributed by atoms with Crippen LogP contribution >= 0.6 is 0 Å². The molecule has 3 aromatic rings. The minimum atomic E-state index is -3.44. The zero-order chi connectivity index (χ0) is 19.6. The minimum absolute atomic E-state index is 0.0457. The molecule has 8 nitrogen and oxygen atoms in total. The lowest BCUT2D eigenvalue weighted by Crippen LogP contribution is -2.12. The topological polar surface area (TPSA) is 112 Å². The summed E-state index contributed by atoms with van der Waals surface area (Å²) < 4.78 is 34.0. The Kier molecular flexibility index (Phi) is 5.04. The number of hydrogen-bond donors (Lipinski definition) is 0. The van der Waals surface area contributed by atoms with E-state index < -0.39 is 21.9 Å². The first-order valence-corrected chi connectivity index (χ1v) is 9.90. The molecule has 27 heavy (non-hydrogen) atoms. The van der Waals surface area contributed by atoms with Gasteiger partial charge in [-0.2, -0.15) is 4.98 Å². The Morgan fingerprint density at radius 1 is 1.26 bits per heavy atom. The van der Waals surface area contributed by atoms with Crippen molar-refractivity contribution < 1.29 is 22.5 Å². The molecule has 0 saturated carbocycles. The third-order valence-electron chi connectivity index (χ3n) is 3.85. The lowest BCUT2D eigenvalue weighted by molar-refractivity contribution is 0.0264. The van der Waals surface area contributed by atoms with Crippen molar-refractivity contribution in [3.63, 3.8) is 0 Å². The SMILES string of the molecule is Cc1ccc(S(C)(=O)=O)cc1C(=O)O[C@H](C)c1nc(-c2cccnc2)no1. The van der Waals surface area contributed by atoms with Gasteiger partial charge in [0.05, 0.1) is 10.5 Å². The lowest BCUT2D eigenvalue weighted by atomic mass is 10.1. The number of benzene rings is 1. The molecule has 0 amide bonds. The summed E-state index contributed by atoms with van der Waals surface area (Å²) in [7, 11) is -3.44. The molecule has 0 spiro atoms. The predicted octanol–water partition coefficient (Wildman–Crippen LogP) is 2.76. The van der Waals surface area contributed by atoms with Gasteiger partial charge in [-0.3, -0.25) is 4.98 Å². The summed E-state index contributed by atoms with van der Waals surface area (Å²) in [5.74, 6) is -0.220. The number of nitrogens with zero attached hydrogens (tertiary/aromatic N) is 3. The van der Waals surface area contributed by atoms with E-state index in [1.807, 2.05) is 0 Å². The van der Waals surface area contributed by atoms with Crippen molar-refractivity contribution in [1.29, 1.82) is 0 Å². The monoisotopic (exact) mass is 387 g/mol. The van der Waals surface area contributed by atoms with Crippen molar-refractivity contribution >= 4 is 15.8 Å². The van der Waals surface area contributed by atoms with E-state index >= 15 is 0 Å². The van der Waals surface area contributed by atoms with Crippen molar-refractivity contribution in [2.45, 2.75) is 24.8 Å². The lowest BCUT2D eigenvalue weighted by Gasteiger charge is -2.11. The fourth-order valence-electron chi connectivity index (χ4n) is 2.34. The van der Waals surface area contributed by atoms with Crippen LogP contribution in [-0.2, 0) is 14.6 Å². The van der Waals surface area contributed by atoms with Crippen LogP contribution in [0.1, 0.15) is 34.8 Å². The molecule has 0 aliphatic carbocycles. The van der Waals surface area contributed by atoms with E-state index in [9.17, 15) is 13.2 Å². The maximum absolute atomic E-state index is 12.5. The van der Waals surface area contributed by atoms with Crippen LogP contribution in [0.3, 0.4) is 0 Å². The first-order valence-electron chi connectivity index (χ1n) is 8.01. The Morgan fingerprint density at radius 3 is 2.70 bits per heavy atom. The molecule has 0 bridgehead atoms. The van der Waals surface area contributed by atoms with E-state index in [2.05, 4.69) is 15.1 Å². The van der Waals surface area contributed by atoms with E-state index in [-0.39, 0.29) is 16.3 Å². The van der Waals surface area contributed by atoms with Gasteiger partial charge in [-0.05, 0) is 43.7 Å². The maximum atomic E-state index is 12.5. The summed E-state index contributed by atoms with van der Waals surface area (Å²) in [5.41, 5.74) is 1.43. The van der Waals surface area contributed by atoms with E-state index in [0.717, 1.165) is 6.26 Å². The molecule has 0 radical (unpaired) electrons. The Hall–Kier alpha value is -3.07. The van der Waals surface area contributed by atoms with E-state index in [1.165, 1.54) is 12.1 Å². The van der Waals surface area contributed by atoms with Crippen molar-refractivity contribution in [3.05, 3.63) is 59.7 Å². The molecular weight excluding hydrogens is 370 g/mol. The molecule has 9 heteroatoms. The van der Waals surface area contributed by atoms with E-state index in [0.29, 0.717) is 17.0 Å². The Balaban J connectivity index is 1.80. The largest absolute Gasteiger partial charge is 0.449 e. The summed E-state index contributed by atoms with van der Waals surface area (Å²) in [5, 5.41) is 3.85. The third kappa shape index (κ3) is 4.20. The van der Waals surface area contributed by atoms with Gasteiger partial charge in [-0.15, -0.1) is 0 Å². The summed E-state index contributed by atoms with van der Waals surface area (Å²) in [6.45, 7) is 3.29. The zero-order valence-corrected chi connectivity index (χ0v) is 15.7. The average molecular weight is 387 g/mol. The molecule has 0 N–H and O–H groups in total. The van der Waals surface area contributed by atoms with Crippen molar-refractivity contribution in [1.82, 2.24) is 15.1 Å². The number of ether oxygens (including phenoxy) is 1. The number of carbonyl (C=O) groups excluding carboxylic acids is 1. The number of hydrogen-bond acceptors (Lipinski definition) is 8. The molecule has 2 aromatic heterocycles. The quantitative estimate of drug-likeness (QED) is 0.614. The fraction of sp³-hybridized carbons (Fsp3) is 0.222. The fourth-order valence-corrected chi connectivity index (χ4v) is 2.99. The highest BCUT2D eigenvalue weighted by Gasteiger charge is 2.22. The molecule has 140 valence electrons. The molecule has 0 fully saturated rings. The number of esters is 1. The number of rotatable bonds is 5. The molecule has 2 heterocycles. The van der Waals surface area contributed by atoms with Crippen LogP contribution < -0.4 is 0 Å². The van der Waals surface area contributed by atoms with Crippen LogP contribution in [0.4, 0.5) is 0 Å². The maximum Gasteiger partial charge on any atom is 0.339 e. The van der Waals surface area contributed by atoms with Gasteiger partial charge >= 0.3 is 5.97 Å². The van der Waals surface area contributed by atoms with E-state index in [4.69, 9.17) is 9.26 Å². The highest BCUT2D eigenvalue weighted by atomic mass is 32.2. The average Bonchev–Trinajstić information content (AvgIpc) is 3.12. The third-order valence-corrected chi connectivity index (χ3v) is 4.96. The zero-order valence-electron chi connectivity index (χ0n) is 14.9. The number of aromatic nitrogens is 3. The van der Waals surface area contributed by atoms with Crippen LogP contribution in [0.2, 0.25) is 0 Å². The van der Waals surface area contributed by atoms with Gasteiger partial charge < -0.3 is 9.26 Å². The normalized spacial score (nSPS) is 12.6. The first kappa shape index (κ1) is 18.7. The van der Waals surface area contributed by atoms with Crippen LogP contribution in [0, 0.1) is 6.92 Å². The highest BCUT2D eigenvalue weighted by molar-refractivity contribution is 7.90. The van der Waals surface area contributed by atoms with Crippen LogP contribution in [0.15, 0.2) is 52.1 Å². The Bertz CT molecular complexity index is 1080. The molecule has 1 atom stereocenters. The second-order valence-corrected chi connectivity index (χ2v) is 8.01. The van der Waals surface area contributed by atoms with Gasteiger partial charge in [-0.25, -0.2) is 13.2 Å². The molecule has 0 aliphatic rings. The van der Waals surface area contributed by atoms with Crippen LogP contribution in [0.5, 0.6) is 0 Å². The molecule has 0 unspecified atom stereocenters. The van der Waals surface area contributed by atoms with Crippen molar-refractivity contribution in [2.75, 3.05) is 6.26 Å². The predicted molar refractivity (Wildman–Crippen MR) is 95.6 cm³/mol. The number of aryl methyl sites for hydroxylation is 1. The standard InChI is InChI=1S/C18H17N3O5S/c1-11-6-7-14(27(3,23)24)9-15(11)18(22)25-12(2)17-20-16(21-26-17)13-5-4-8-19-10-13/h4-10,12H,1-3H3/t12-/m1/s1.